The predicted octanol–water partition coefficient (Wildman–Crippen LogP) is 10.4. The second kappa shape index (κ2) is 28.7. The summed E-state index contributed by atoms with van der Waals surface area (Å²) in [4.78, 5) is 70.4. The predicted molar refractivity (Wildman–Crippen MR) is 309 cm³/mol. The quantitative estimate of drug-likeness (QED) is 0.0435. The second-order valence-electron chi connectivity index (χ2n) is 18.0. The largest absolute Gasteiger partial charge is 3.00 e. The Morgan fingerprint density at radius 1 is 0.227 bits per heavy atom. The summed E-state index contributed by atoms with van der Waals surface area (Å²) >= 11 is 0. The standard InChI is InChI=1S/3C20H15NO7S.Ce/c3*22-19(23)13-1-5-15(6-2-13)21(16-7-3-14(4-8-16)20(24)25)17-9-11-18(12-10-17)29(26,27)28;/h3*1-12H,(H,22,23)(H,24,25)(H,26,27,28);/q;;;+3/p-3. The first-order valence-electron chi connectivity index (χ1n) is 24.6. The maximum Gasteiger partial charge on any atom is 3.00 e. The van der Waals surface area contributed by atoms with Crippen molar-refractivity contribution in [3.8, 4) is 0 Å². The minimum absolute atomic E-state index is 0. The minimum atomic E-state index is -4.60. The number of anilines is 9. The molecule has 0 aliphatic rings. The van der Waals surface area contributed by atoms with Crippen LogP contribution in [0.25, 0.3) is 0 Å². The molecule has 0 amide bonds. The van der Waals surface area contributed by atoms with Crippen LogP contribution in [0, 0.1) is 41.7 Å². The molecule has 24 nitrogen and oxygen atoms in total. The number of hydrogen-bond donors (Lipinski definition) is 6. The van der Waals surface area contributed by atoms with E-state index in [2.05, 4.69) is 0 Å². The van der Waals surface area contributed by atoms with Crippen molar-refractivity contribution in [1.29, 1.82) is 0 Å². The maximum absolute atomic E-state index is 11.2. The number of carbonyl (C=O) groups is 6. The van der Waals surface area contributed by atoms with Gasteiger partial charge in [0.2, 0.25) is 0 Å². The van der Waals surface area contributed by atoms with E-state index in [0.717, 1.165) is 0 Å². The van der Waals surface area contributed by atoms with Crippen LogP contribution in [0.2, 0.25) is 0 Å². The van der Waals surface area contributed by atoms with Crippen LogP contribution in [0.15, 0.2) is 233 Å². The van der Waals surface area contributed by atoms with Gasteiger partial charge in [0.05, 0.1) is 48.1 Å². The first-order chi connectivity index (χ1) is 41.0. The van der Waals surface area contributed by atoms with E-state index in [9.17, 15) is 67.7 Å². The van der Waals surface area contributed by atoms with Crippen LogP contribution in [0.5, 0.6) is 0 Å². The normalized spacial score (nSPS) is 10.9. The van der Waals surface area contributed by atoms with Gasteiger partial charge in [0.25, 0.3) is 0 Å². The van der Waals surface area contributed by atoms with Crippen molar-refractivity contribution in [2.75, 3.05) is 14.7 Å². The monoisotopic (exact) mass is 1380 g/mol. The zero-order chi connectivity index (χ0) is 63.5. The van der Waals surface area contributed by atoms with Crippen molar-refractivity contribution < 1.29 is 140 Å². The van der Waals surface area contributed by atoms with Crippen molar-refractivity contribution in [1.82, 2.24) is 0 Å². The summed E-state index contributed by atoms with van der Waals surface area (Å²) in [7, 11) is -13.8. The fourth-order valence-corrected chi connectivity index (χ4v) is 9.55. The van der Waals surface area contributed by atoms with E-state index in [1.54, 1.807) is 87.5 Å². The third-order valence-electron chi connectivity index (χ3n) is 12.4. The molecule has 9 aromatic rings. The second-order valence-corrected chi connectivity index (χ2v) is 22.1. The van der Waals surface area contributed by atoms with Crippen molar-refractivity contribution in [3.63, 3.8) is 0 Å². The van der Waals surface area contributed by atoms with E-state index in [4.69, 9.17) is 30.6 Å². The first kappa shape index (κ1) is 67.4. The molecule has 0 saturated carbocycles. The molecule has 0 aliphatic carbocycles. The topological polar surface area (TPSA) is 405 Å². The molecule has 28 heteroatoms. The van der Waals surface area contributed by atoms with Gasteiger partial charge in [0.15, 0.2) is 0 Å². The molecule has 9 rings (SSSR count). The fourth-order valence-electron chi connectivity index (χ4n) is 8.15. The Morgan fingerprint density at radius 3 is 0.420 bits per heavy atom. The van der Waals surface area contributed by atoms with Crippen LogP contribution < -0.4 is 14.7 Å². The molecular weight excluding hydrogens is 1330 g/mol. The average Bonchev–Trinajstić information content (AvgIpc) is 1.50. The van der Waals surface area contributed by atoms with Crippen molar-refractivity contribution in [3.05, 3.63) is 252 Å². The Morgan fingerprint density at radius 2 is 0.330 bits per heavy atom. The fraction of sp³-hybridized carbons (Fsp3) is 0. The molecule has 0 unspecified atom stereocenters. The van der Waals surface area contributed by atoms with Gasteiger partial charge in [-0.05, 0) is 218 Å². The third-order valence-corrected chi connectivity index (χ3v) is 14.9. The van der Waals surface area contributed by atoms with E-state index in [1.807, 2.05) is 0 Å². The maximum atomic E-state index is 11.2. The van der Waals surface area contributed by atoms with Gasteiger partial charge in [-0.3, -0.25) is 0 Å². The Bertz CT molecular complexity index is 3750. The first-order valence-corrected chi connectivity index (χ1v) is 28.8. The molecule has 0 aliphatic heterocycles. The van der Waals surface area contributed by atoms with Crippen molar-refractivity contribution in [2.45, 2.75) is 14.7 Å². The summed E-state index contributed by atoms with van der Waals surface area (Å²) in [5, 5.41) is 54.5. The number of hydrogen-bond acceptors (Lipinski definition) is 18. The number of rotatable bonds is 18. The molecule has 9 aromatic carbocycles. The number of nitrogens with zero attached hydrogens (tertiary/aromatic N) is 3. The molecular formula is C60H42CeN3O21S3. The van der Waals surface area contributed by atoms with Crippen LogP contribution in [-0.4, -0.2) is 105 Å². The zero-order valence-corrected chi connectivity index (χ0v) is 50.2. The average molecular weight is 1380 g/mol. The number of carboxylic acids is 6. The molecule has 445 valence electrons. The van der Waals surface area contributed by atoms with Crippen LogP contribution in [0.1, 0.15) is 62.1 Å². The van der Waals surface area contributed by atoms with Crippen molar-refractivity contribution in [2.24, 2.45) is 0 Å². The molecule has 0 spiro atoms. The summed E-state index contributed by atoms with van der Waals surface area (Å²) in [5.74, 6) is -6.51. The van der Waals surface area contributed by atoms with Crippen molar-refractivity contribution >= 4 is 117 Å². The van der Waals surface area contributed by atoms with Gasteiger partial charge in [-0.1, -0.05) is 0 Å². The Labute approximate surface area is 534 Å². The Hall–Kier alpha value is -9.69. The molecule has 1 radical (unpaired) electrons. The van der Waals surface area contributed by atoms with E-state index < -0.39 is 66.2 Å². The van der Waals surface area contributed by atoms with Gasteiger partial charge in [-0.2, -0.15) is 0 Å². The van der Waals surface area contributed by atoms with Gasteiger partial charge in [0.1, 0.15) is 30.4 Å². The molecule has 0 atom stereocenters. The Kier molecular flexibility index (Phi) is 22.0. The number of carboxylic acid groups (broad SMARTS) is 6. The molecule has 0 bridgehead atoms. The smallest absolute Gasteiger partial charge is 0.744 e. The third kappa shape index (κ3) is 17.3. The summed E-state index contributed by atoms with van der Waals surface area (Å²) in [6.07, 6.45) is 0. The SMILES string of the molecule is O=C(O)c1ccc(N(c2ccc(C(=O)O)cc2)c2ccc(S(=O)(=O)[O-])cc2)cc1.O=C(O)c1ccc(N(c2ccc(C(=O)O)cc2)c2ccc(S(=O)(=O)[O-])cc2)cc1.O=C(O)c1ccc(N(c2ccc(C(=O)O)cc2)c2ccc(S(=O)(=O)[O-])cc2)cc1.[Ce+3]. The van der Waals surface area contributed by atoms with Crippen LogP contribution in [-0.2, 0) is 30.4 Å². The number of benzene rings is 9. The zero-order valence-electron chi connectivity index (χ0n) is 44.7. The van der Waals surface area contributed by atoms with E-state index in [1.165, 1.54) is 146 Å². The summed E-state index contributed by atoms with van der Waals surface area (Å²) < 4.78 is 101. The molecule has 0 saturated heterocycles. The Balaban J connectivity index is 0.000000209. The van der Waals surface area contributed by atoms with Gasteiger partial charge in [0, 0.05) is 51.2 Å². The van der Waals surface area contributed by atoms with E-state index >= 15 is 0 Å². The summed E-state index contributed by atoms with van der Waals surface area (Å²) in [6.45, 7) is 0. The van der Waals surface area contributed by atoms with Gasteiger partial charge in [-0.25, -0.2) is 54.0 Å². The summed E-state index contributed by atoms with van der Waals surface area (Å²) in [5.41, 5.74) is 5.29. The number of aromatic carboxylic acids is 6. The molecule has 0 fully saturated rings. The summed E-state index contributed by atoms with van der Waals surface area (Å²) in [6, 6.07) is 51.3. The van der Waals surface area contributed by atoms with Crippen LogP contribution in [0.4, 0.5) is 51.2 Å². The van der Waals surface area contributed by atoms with Gasteiger partial charge in [-0.15, -0.1) is 0 Å². The molecule has 6 N–H and O–H groups in total. The van der Waals surface area contributed by atoms with Crippen LogP contribution in [0.3, 0.4) is 0 Å². The van der Waals surface area contributed by atoms with E-state index in [-0.39, 0.29) is 89.8 Å². The van der Waals surface area contributed by atoms with Gasteiger partial charge < -0.3 is 59.0 Å². The molecule has 88 heavy (non-hydrogen) atoms. The molecule has 0 heterocycles. The molecule has 0 aromatic heterocycles. The van der Waals surface area contributed by atoms with Gasteiger partial charge >= 0.3 is 77.6 Å². The minimum Gasteiger partial charge on any atom is -0.744 e. The van der Waals surface area contributed by atoms with Crippen LogP contribution >= 0.6 is 0 Å². The van der Waals surface area contributed by atoms with E-state index in [0.29, 0.717) is 51.2 Å².